The van der Waals surface area contributed by atoms with Gasteiger partial charge in [0.2, 0.25) is 10.0 Å². The van der Waals surface area contributed by atoms with Crippen LogP contribution in [0.3, 0.4) is 0 Å². The number of hydrogen-bond donors (Lipinski definition) is 0. The Bertz CT molecular complexity index is 691. The van der Waals surface area contributed by atoms with Crippen molar-refractivity contribution in [3.8, 4) is 0 Å². The molecule has 0 N–H and O–H groups in total. The minimum Gasteiger partial charge on any atom is -0.464 e. The van der Waals surface area contributed by atoms with E-state index in [9.17, 15) is 13.2 Å². The zero-order valence-corrected chi connectivity index (χ0v) is 13.3. The number of rotatable bonds is 2. The van der Waals surface area contributed by atoms with Gasteiger partial charge in [-0.25, -0.2) is 8.42 Å². The number of fused-ring (bicyclic) bond motifs is 1. The number of ether oxygens (including phenoxy) is 1. The molecule has 1 aromatic carbocycles. The van der Waals surface area contributed by atoms with Crippen molar-refractivity contribution in [2.45, 2.75) is 23.8 Å². The molecule has 3 rings (SSSR count). The summed E-state index contributed by atoms with van der Waals surface area (Å²) in [7, 11) is -3.79. The van der Waals surface area contributed by atoms with Gasteiger partial charge in [-0.1, -0.05) is 23.2 Å². The normalized spacial score (nSPS) is 26.5. The van der Waals surface area contributed by atoms with Gasteiger partial charge in [-0.2, -0.15) is 4.31 Å². The Balaban J connectivity index is 1.98. The Morgan fingerprint density at radius 1 is 1.19 bits per heavy atom. The molecule has 0 radical (unpaired) electrons. The third-order valence-electron chi connectivity index (χ3n) is 3.95. The molecule has 2 fully saturated rings. The van der Waals surface area contributed by atoms with E-state index in [1.165, 1.54) is 22.5 Å². The van der Waals surface area contributed by atoms with Gasteiger partial charge in [0.25, 0.3) is 0 Å². The van der Waals surface area contributed by atoms with E-state index >= 15 is 0 Å². The lowest BCUT2D eigenvalue weighted by molar-refractivity contribution is -0.153. The Hall–Kier alpha value is -0.820. The van der Waals surface area contributed by atoms with Crippen molar-refractivity contribution >= 4 is 39.2 Å². The highest BCUT2D eigenvalue weighted by Crippen LogP contribution is 2.36. The third kappa shape index (κ3) is 2.54. The topological polar surface area (TPSA) is 63.7 Å². The molecule has 2 saturated heterocycles. The maximum Gasteiger partial charge on any atom is 0.324 e. The summed E-state index contributed by atoms with van der Waals surface area (Å²) >= 11 is 11.7. The molecule has 2 aliphatic heterocycles. The summed E-state index contributed by atoms with van der Waals surface area (Å²) in [5, 5.41) is 0.451. The number of cyclic esters (lactones) is 1. The van der Waals surface area contributed by atoms with Crippen LogP contribution in [-0.2, 0) is 19.6 Å². The molecule has 0 saturated carbocycles. The highest BCUT2D eigenvalue weighted by molar-refractivity contribution is 7.89. The van der Waals surface area contributed by atoms with E-state index in [1.807, 2.05) is 0 Å². The van der Waals surface area contributed by atoms with E-state index in [-0.39, 0.29) is 20.9 Å². The van der Waals surface area contributed by atoms with Crippen LogP contribution >= 0.6 is 23.2 Å². The van der Waals surface area contributed by atoms with Crippen molar-refractivity contribution in [3.05, 3.63) is 28.2 Å². The van der Waals surface area contributed by atoms with E-state index in [4.69, 9.17) is 27.9 Å². The highest BCUT2D eigenvalue weighted by atomic mass is 35.5. The molecule has 2 atom stereocenters. The quantitative estimate of drug-likeness (QED) is 0.768. The van der Waals surface area contributed by atoms with Gasteiger partial charge in [0.1, 0.15) is 6.04 Å². The van der Waals surface area contributed by atoms with Gasteiger partial charge in [-0.3, -0.25) is 4.79 Å². The molecule has 0 aromatic heterocycles. The van der Waals surface area contributed by atoms with E-state index in [0.717, 1.165) is 0 Å². The fourth-order valence-corrected chi connectivity index (χ4v) is 4.92. The van der Waals surface area contributed by atoms with Crippen molar-refractivity contribution in [1.82, 2.24) is 4.31 Å². The molecule has 0 amide bonds. The Kier molecular flexibility index (Phi) is 3.90. The van der Waals surface area contributed by atoms with E-state index in [0.29, 0.717) is 26.0 Å². The number of esters is 1. The third-order valence-corrected chi connectivity index (χ3v) is 6.57. The molecule has 114 valence electrons. The van der Waals surface area contributed by atoms with E-state index in [1.54, 1.807) is 0 Å². The second-order valence-electron chi connectivity index (χ2n) is 5.14. The second-order valence-corrected chi connectivity index (χ2v) is 7.85. The smallest absolute Gasteiger partial charge is 0.324 e. The van der Waals surface area contributed by atoms with Crippen molar-refractivity contribution in [3.63, 3.8) is 0 Å². The van der Waals surface area contributed by atoms with Crippen LogP contribution < -0.4 is 0 Å². The van der Waals surface area contributed by atoms with Crippen LogP contribution in [0.15, 0.2) is 23.1 Å². The van der Waals surface area contributed by atoms with Gasteiger partial charge in [-0.05, 0) is 37.0 Å². The summed E-state index contributed by atoms with van der Waals surface area (Å²) in [4.78, 5) is 11.9. The Labute approximate surface area is 132 Å². The van der Waals surface area contributed by atoms with Crippen LogP contribution in [0.4, 0.5) is 0 Å². The number of nitrogens with zero attached hydrogens (tertiary/aromatic N) is 1. The molecule has 2 heterocycles. The molecule has 8 heteroatoms. The fraction of sp³-hybridized carbons (Fsp3) is 0.462. The lowest BCUT2D eigenvalue weighted by atomic mass is 9.96. The van der Waals surface area contributed by atoms with Crippen LogP contribution in [0.25, 0.3) is 0 Å². The van der Waals surface area contributed by atoms with E-state index < -0.39 is 22.0 Å². The molecule has 0 bridgehead atoms. The van der Waals surface area contributed by atoms with Gasteiger partial charge < -0.3 is 4.74 Å². The Morgan fingerprint density at radius 3 is 2.67 bits per heavy atom. The maximum absolute atomic E-state index is 12.7. The first kappa shape index (κ1) is 15.1. The fourth-order valence-electron chi connectivity index (χ4n) is 2.88. The average molecular weight is 350 g/mol. The van der Waals surface area contributed by atoms with Crippen LogP contribution in [-0.4, -0.2) is 37.9 Å². The summed E-state index contributed by atoms with van der Waals surface area (Å²) in [5.74, 6) is -0.434. The summed E-state index contributed by atoms with van der Waals surface area (Å²) in [5.41, 5.74) is 0. The Morgan fingerprint density at radius 2 is 1.95 bits per heavy atom. The molecule has 2 aliphatic rings. The minimum atomic E-state index is -3.79. The second kappa shape index (κ2) is 5.43. The average Bonchev–Trinajstić information content (AvgIpc) is 2.88. The molecular weight excluding hydrogens is 337 g/mol. The van der Waals surface area contributed by atoms with Crippen LogP contribution in [0.5, 0.6) is 0 Å². The zero-order valence-electron chi connectivity index (χ0n) is 11.0. The van der Waals surface area contributed by atoms with Crippen molar-refractivity contribution in [1.29, 1.82) is 0 Å². The van der Waals surface area contributed by atoms with Gasteiger partial charge in [0.15, 0.2) is 0 Å². The molecule has 5 nitrogen and oxygen atoms in total. The monoisotopic (exact) mass is 349 g/mol. The molecule has 0 unspecified atom stereocenters. The van der Waals surface area contributed by atoms with Crippen molar-refractivity contribution in [2.75, 3.05) is 13.2 Å². The predicted molar refractivity (Wildman–Crippen MR) is 77.8 cm³/mol. The van der Waals surface area contributed by atoms with Crippen molar-refractivity contribution in [2.24, 2.45) is 5.92 Å². The summed E-state index contributed by atoms with van der Waals surface area (Å²) < 4.78 is 31.7. The SMILES string of the molecule is O=C1OCC[C@@H]2CCN(S(=O)(=O)c3ccc(Cl)c(Cl)c3)[C@@H]12. The first-order valence-electron chi connectivity index (χ1n) is 6.55. The van der Waals surface area contributed by atoms with Gasteiger partial charge in [0, 0.05) is 6.54 Å². The number of hydrogen-bond acceptors (Lipinski definition) is 4. The summed E-state index contributed by atoms with van der Waals surface area (Å²) in [6.07, 6.45) is 1.37. The number of halogens is 2. The van der Waals surface area contributed by atoms with Crippen LogP contribution in [0, 0.1) is 5.92 Å². The van der Waals surface area contributed by atoms with Gasteiger partial charge >= 0.3 is 5.97 Å². The number of carbonyl (C=O) groups excluding carboxylic acids is 1. The predicted octanol–water partition coefficient (Wildman–Crippen LogP) is 2.32. The maximum atomic E-state index is 12.7. The first-order chi connectivity index (χ1) is 9.91. The summed E-state index contributed by atoms with van der Waals surface area (Å²) in [6, 6.07) is 3.41. The number of benzene rings is 1. The van der Waals surface area contributed by atoms with Gasteiger partial charge in [-0.15, -0.1) is 0 Å². The molecule has 0 aliphatic carbocycles. The van der Waals surface area contributed by atoms with Crippen LogP contribution in [0.2, 0.25) is 10.0 Å². The van der Waals surface area contributed by atoms with E-state index in [2.05, 4.69) is 0 Å². The summed E-state index contributed by atoms with van der Waals surface area (Å²) in [6.45, 7) is 0.674. The van der Waals surface area contributed by atoms with Crippen LogP contribution in [0.1, 0.15) is 12.8 Å². The molecule has 1 aromatic rings. The zero-order chi connectivity index (χ0) is 15.2. The number of carbonyl (C=O) groups is 1. The van der Waals surface area contributed by atoms with Gasteiger partial charge in [0.05, 0.1) is 21.5 Å². The highest BCUT2D eigenvalue weighted by Gasteiger charge is 2.48. The molecule has 21 heavy (non-hydrogen) atoms. The minimum absolute atomic E-state index is 0.0313. The lowest BCUT2D eigenvalue weighted by Gasteiger charge is -2.29. The number of sulfonamides is 1. The standard InChI is InChI=1S/C13H13Cl2NO4S/c14-10-2-1-9(7-11(10)15)21(18,19)16-5-3-8-4-6-20-13(17)12(8)16/h1-2,7-8,12H,3-6H2/t8-,12+/m0/s1. The first-order valence-corrected chi connectivity index (χ1v) is 8.74. The van der Waals surface area contributed by atoms with Crippen molar-refractivity contribution < 1.29 is 17.9 Å². The molecular formula is C13H13Cl2NO4S. The largest absolute Gasteiger partial charge is 0.464 e. The molecule has 0 spiro atoms. The lowest BCUT2D eigenvalue weighted by Crippen LogP contribution is -2.46.